The van der Waals surface area contributed by atoms with Gasteiger partial charge < -0.3 is 5.32 Å². The largest absolute Gasteiger partial charge is 0.345 e. The second kappa shape index (κ2) is 7.50. The van der Waals surface area contributed by atoms with E-state index >= 15 is 0 Å². The second-order valence-electron chi connectivity index (χ2n) is 7.31. The van der Waals surface area contributed by atoms with E-state index in [1.807, 2.05) is 73.6 Å². The van der Waals surface area contributed by atoms with Crippen molar-refractivity contribution in [3.05, 3.63) is 77.0 Å². The van der Waals surface area contributed by atoms with E-state index in [4.69, 9.17) is 4.98 Å². The first-order valence-electron chi connectivity index (χ1n) is 9.60. The molecule has 148 valence electrons. The lowest BCUT2D eigenvalue weighted by atomic mass is 10.0. The summed E-state index contributed by atoms with van der Waals surface area (Å²) in [7, 11) is 1.90. The van der Waals surface area contributed by atoms with Crippen LogP contribution in [-0.4, -0.2) is 30.5 Å². The molecule has 1 aromatic carbocycles. The van der Waals surface area contributed by atoms with E-state index in [1.165, 1.54) is 0 Å². The van der Waals surface area contributed by atoms with Crippen molar-refractivity contribution in [3.63, 3.8) is 0 Å². The fourth-order valence-corrected chi connectivity index (χ4v) is 3.51. The normalized spacial score (nSPS) is 12.3. The summed E-state index contributed by atoms with van der Waals surface area (Å²) in [4.78, 5) is 17.9. The number of nitrogens with zero attached hydrogens (tertiary/aromatic N) is 5. The van der Waals surface area contributed by atoms with Crippen LogP contribution in [0.3, 0.4) is 0 Å². The highest BCUT2D eigenvalue weighted by atomic mass is 16.1. The first-order chi connectivity index (χ1) is 13.9. The van der Waals surface area contributed by atoms with Crippen molar-refractivity contribution < 1.29 is 4.79 Å². The van der Waals surface area contributed by atoms with Crippen LogP contribution in [0.25, 0.3) is 10.9 Å². The second-order valence-corrected chi connectivity index (χ2v) is 7.31. The zero-order chi connectivity index (χ0) is 20.5. The van der Waals surface area contributed by atoms with Gasteiger partial charge in [-0.2, -0.15) is 10.2 Å². The van der Waals surface area contributed by atoms with Crippen LogP contribution in [0.4, 0.5) is 0 Å². The van der Waals surface area contributed by atoms with Gasteiger partial charge in [-0.25, -0.2) is 0 Å². The summed E-state index contributed by atoms with van der Waals surface area (Å²) in [6, 6.07) is 11.4. The Morgan fingerprint density at radius 3 is 2.66 bits per heavy atom. The van der Waals surface area contributed by atoms with Gasteiger partial charge in [0.15, 0.2) is 0 Å². The number of hydrogen-bond donors (Lipinski definition) is 1. The third kappa shape index (κ3) is 3.63. The molecule has 0 aliphatic carbocycles. The van der Waals surface area contributed by atoms with E-state index in [0.717, 1.165) is 33.5 Å². The molecule has 0 bridgehead atoms. The minimum absolute atomic E-state index is 0.127. The highest BCUT2D eigenvalue weighted by Crippen LogP contribution is 2.22. The van der Waals surface area contributed by atoms with Gasteiger partial charge in [0.1, 0.15) is 0 Å². The molecule has 7 heteroatoms. The smallest absolute Gasteiger partial charge is 0.252 e. The Morgan fingerprint density at radius 1 is 1.17 bits per heavy atom. The Kier molecular flexibility index (Phi) is 4.88. The van der Waals surface area contributed by atoms with Crippen LogP contribution in [0.1, 0.15) is 46.0 Å². The Bertz CT molecular complexity index is 1190. The molecule has 0 unspecified atom stereocenters. The lowest BCUT2D eigenvalue weighted by molar-refractivity contribution is 0.0941. The van der Waals surface area contributed by atoms with Gasteiger partial charge in [0.2, 0.25) is 0 Å². The summed E-state index contributed by atoms with van der Waals surface area (Å²) < 4.78 is 3.69. The number of carbonyl (C=O) groups is 1. The molecule has 1 amide bonds. The summed E-state index contributed by atoms with van der Waals surface area (Å²) in [6.07, 6.45) is 3.57. The van der Waals surface area contributed by atoms with Crippen molar-refractivity contribution in [1.82, 2.24) is 29.9 Å². The predicted octanol–water partition coefficient (Wildman–Crippen LogP) is 3.32. The molecular formula is C22H24N6O. The van der Waals surface area contributed by atoms with Gasteiger partial charge in [-0.1, -0.05) is 18.2 Å². The molecule has 0 saturated carbocycles. The minimum atomic E-state index is -0.153. The zero-order valence-corrected chi connectivity index (χ0v) is 17.0. The van der Waals surface area contributed by atoms with Crippen LogP contribution in [0.15, 0.2) is 48.8 Å². The SMILES string of the molecule is Cc1c([C@@H](C)NC(=O)c2cc(Cn3nccc3C)nc3ccccc23)cnn1C. The van der Waals surface area contributed by atoms with Gasteiger partial charge in [-0.05, 0) is 39.0 Å². The zero-order valence-electron chi connectivity index (χ0n) is 17.0. The first kappa shape index (κ1) is 18.9. The first-order valence-corrected chi connectivity index (χ1v) is 9.60. The fourth-order valence-electron chi connectivity index (χ4n) is 3.51. The van der Waals surface area contributed by atoms with Crippen LogP contribution in [0.2, 0.25) is 0 Å². The Labute approximate surface area is 169 Å². The van der Waals surface area contributed by atoms with Gasteiger partial charge >= 0.3 is 0 Å². The molecule has 0 fully saturated rings. The molecule has 4 aromatic rings. The van der Waals surface area contributed by atoms with E-state index in [2.05, 4.69) is 15.5 Å². The Morgan fingerprint density at radius 2 is 1.97 bits per heavy atom. The molecule has 4 rings (SSSR count). The maximum atomic E-state index is 13.2. The molecule has 1 atom stereocenters. The van der Waals surface area contributed by atoms with Crippen LogP contribution >= 0.6 is 0 Å². The Balaban J connectivity index is 1.68. The van der Waals surface area contributed by atoms with Crippen LogP contribution in [-0.2, 0) is 13.6 Å². The summed E-state index contributed by atoms with van der Waals surface area (Å²) in [5, 5.41) is 12.6. The summed E-state index contributed by atoms with van der Waals surface area (Å²) in [6.45, 7) is 6.48. The third-order valence-corrected chi connectivity index (χ3v) is 5.34. The molecule has 0 radical (unpaired) electrons. The van der Waals surface area contributed by atoms with E-state index in [0.29, 0.717) is 12.1 Å². The molecule has 3 aromatic heterocycles. The van der Waals surface area contributed by atoms with E-state index in [9.17, 15) is 4.79 Å². The van der Waals surface area contributed by atoms with Crippen molar-refractivity contribution in [3.8, 4) is 0 Å². The van der Waals surface area contributed by atoms with E-state index < -0.39 is 0 Å². The molecule has 29 heavy (non-hydrogen) atoms. The lowest BCUT2D eigenvalue weighted by Crippen LogP contribution is -2.27. The maximum Gasteiger partial charge on any atom is 0.252 e. The molecule has 0 aliphatic rings. The molecule has 0 spiro atoms. The number of nitrogens with one attached hydrogen (secondary N) is 1. The van der Waals surface area contributed by atoms with Crippen molar-refractivity contribution >= 4 is 16.8 Å². The third-order valence-electron chi connectivity index (χ3n) is 5.34. The number of aryl methyl sites for hydroxylation is 2. The number of aromatic nitrogens is 5. The molecular weight excluding hydrogens is 364 g/mol. The van der Waals surface area contributed by atoms with Crippen molar-refractivity contribution in [1.29, 1.82) is 0 Å². The number of hydrogen-bond acceptors (Lipinski definition) is 4. The predicted molar refractivity (Wildman–Crippen MR) is 112 cm³/mol. The molecule has 7 nitrogen and oxygen atoms in total. The highest BCUT2D eigenvalue weighted by Gasteiger charge is 2.18. The highest BCUT2D eigenvalue weighted by molar-refractivity contribution is 6.06. The maximum absolute atomic E-state index is 13.2. The number of pyridine rings is 1. The van der Waals surface area contributed by atoms with Gasteiger partial charge in [0.05, 0.1) is 35.6 Å². The standard InChI is InChI=1S/C22H24N6O/c1-14-9-10-23-28(14)13-17-11-19(18-7-5-6-8-21(18)26-17)22(29)25-15(2)20-12-24-27(4)16(20)3/h5-12,15H,13H2,1-4H3,(H,25,29)/t15-/m1/s1. The van der Waals surface area contributed by atoms with Gasteiger partial charge in [-0.15, -0.1) is 0 Å². The number of carbonyl (C=O) groups excluding carboxylic acids is 1. The number of benzene rings is 1. The van der Waals surface area contributed by atoms with Crippen molar-refractivity contribution in [2.24, 2.45) is 7.05 Å². The summed E-state index contributed by atoms with van der Waals surface area (Å²) in [5.74, 6) is -0.127. The quantitative estimate of drug-likeness (QED) is 0.569. The number of para-hydroxylation sites is 1. The topological polar surface area (TPSA) is 77.6 Å². The minimum Gasteiger partial charge on any atom is -0.345 e. The molecule has 0 aliphatic heterocycles. The number of fused-ring (bicyclic) bond motifs is 1. The van der Waals surface area contributed by atoms with Crippen molar-refractivity contribution in [2.45, 2.75) is 33.4 Å². The Hall–Kier alpha value is -3.48. The monoisotopic (exact) mass is 388 g/mol. The van der Waals surface area contributed by atoms with E-state index in [-0.39, 0.29) is 11.9 Å². The van der Waals surface area contributed by atoms with Crippen LogP contribution in [0.5, 0.6) is 0 Å². The number of amides is 1. The number of rotatable bonds is 5. The van der Waals surface area contributed by atoms with Gasteiger partial charge in [0, 0.05) is 35.6 Å². The van der Waals surface area contributed by atoms with Crippen LogP contribution < -0.4 is 5.32 Å². The van der Waals surface area contributed by atoms with Gasteiger partial charge in [-0.3, -0.25) is 19.1 Å². The van der Waals surface area contributed by atoms with Crippen molar-refractivity contribution in [2.75, 3.05) is 0 Å². The molecule has 1 N–H and O–H groups in total. The fraction of sp³-hybridized carbons (Fsp3) is 0.273. The molecule has 0 saturated heterocycles. The summed E-state index contributed by atoms with van der Waals surface area (Å²) >= 11 is 0. The summed E-state index contributed by atoms with van der Waals surface area (Å²) in [5.41, 5.74) is 5.30. The molecule has 3 heterocycles. The van der Waals surface area contributed by atoms with Gasteiger partial charge in [0.25, 0.3) is 5.91 Å². The van der Waals surface area contributed by atoms with Crippen LogP contribution in [0, 0.1) is 13.8 Å². The average molecular weight is 388 g/mol. The average Bonchev–Trinajstić information content (AvgIpc) is 3.26. The van der Waals surface area contributed by atoms with E-state index in [1.54, 1.807) is 12.4 Å². The lowest BCUT2D eigenvalue weighted by Gasteiger charge is -2.16.